The number of thiocarbonyl (C=S) groups is 1. The fourth-order valence-corrected chi connectivity index (χ4v) is 2.79. The molecular formula is C18H12BrFN2OS. The first-order chi connectivity index (χ1) is 11.5. The van der Waals surface area contributed by atoms with E-state index in [-0.39, 0.29) is 16.7 Å². The Hall–Kier alpha value is -2.31. The van der Waals surface area contributed by atoms with Gasteiger partial charge in [-0.15, -0.1) is 0 Å². The number of halogens is 2. The van der Waals surface area contributed by atoms with Gasteiger partial charge >= 0.3 is 0 Å². The molecule has 2 N–H and O–H groups in total. The maximum absolute atomic E-state index is 13.8. The molecule has 0 aliphatic heterocycles. The second-order valence-corrected chi connectivity index (χ2v) is 6.42. The van der Waals surface area contributed by atoms with Gasteiger partial charge in [-0.2, -0.15) is 0 Å². The van der Waals surface area contributed by atoms with Crippen molar-refractivity contribution in [2.45, 2.75) is 0 Å². The number of carbonyl (C=O) groups is 1. The van der Waals surface area contributed by atoms with Crippen molar-refractivity contribution in [1.29, 1.82) is 0 Å². The molecule has 3 rings (SSSR count). The summed E-state index contributed by atoms with van der Waals surface area (Å²) in [5.74, 6) is -0.817. The molecule has 120 valence electrons. The molecule has 0 heterocycles. The van der Waals surface area contributed by atoms with Crippen LogP contribution >= 0.6 is 28.1 Å². The standard InChI is InChI=1S/C18H12BrFN2OS/c19-14-7-8-16(15(20)10-14)21-18(24)22-17(23)13-6-5-11-3-1-2-4-12(11)9-13/h1-10H,(H2,21,22,23,24). The number of anilines is 1. The van der Waals surface area contributed by atoms with Crippen LogP contribution < -0.4 is 10.6 Å². The second kappa shape index (κ2) is 7.07. The van der Waals surface area contributed by atoms with Crippen LogP contribution in [-0.2, 0) is 0 Å². The predicted octanol–water partition coefficient (Wildman–Crippen LogP) is 4.87. The molecule has 3 aromatic carbocycles. The van der Waals surface area contributed by atoms with Crippen molar-refractivity contribution >= 4 is 55.6 Å². The van der Waals surface area contributed by atoms with Crippen molar-refractivity contribution in [3.05, 3.63) is 76.5 Å². The van der Waals surface area contributed by atoms with Gasteiger partial charge in [0.1, 0.15) is 5.82 Å². The molecule has 0 aromatic heterocycles. The Balaban J connectivity index is 1.72. The summed E-state index contributed by atoms with van der Waals surface area (Å²) in [6, 6.07) is 17.7. The lowest BCUT2D eigenvalue weighted by Crippen LogP contribution is -2.34. The number of rotatable bonds is 2. The predicted molar refractivity (Wildman–Crippen MR) is 102 cm³/mol. The second-order valence-electron chi connectivity index (χ2n) is 5.09. The molecule has 0 bridgehead atoms. The molecule has 0 saturated heterocycles. The molecule has 0 unspecified atom stereocenters. The number of benzene rings is 3. The van der Waals surface area contributed by atoms with Crippen molar-refractivity contribution in [2.75, 3.05) is 5.32 Å². The molecule has 0 fully saturated rings. The summed E-state index contributed by atoms with van der Waals surface area (Å²) in [6.45, 7) is 0. The van der Waals surface area contributed by atoms with Crippen LogP contribution in [0.25, 0.3) is 10.8 Å². The van der Waals surface area contributed by atoms with Gasteiger partial charge in [-0.05, 0) is 53.3 Å². The lowest BCUT2D eigenvalue weighted by molar-refractivity contribution is 0.0978. The SMILES string of the molecule is O=C(NC(=S)Nc1ccc(Br)cc1F)c1ccc2ccccc2c1. The van der Waals surface area contributed by atoms with E-state index in [1.165, 1.54) is 12.1 Å². The molecule has 0 saturated carbocycles. The summed E-state index contributed by atoms with van der Waals surface area (Å²) in [5.41, 5.74) is 0.677. The highest BCUT2D eigenvalue weighted by Crippen LogP contribution is 2.19. The summed E-state index contributed by atoms with van der Waals surface area (Å²) in [6.07, 6.45) is 0. The third-order valence-electron chi connectivity index (χ3n) is 3.42. The Morgan fingerprint density at radius 3 is 2.50 bits per heavy atom. The summed E-state index contributed by atoms with van der Waals surface area (Å²) in [4.78, 5) is 12.3. The number of carbonyl (C=O) groups excluding carboxylic acids is 1. The van der Waals surface area contributed by atoms with E-state index < -0.39 is 5.82 Å². The van der Waals surface area contributed by atoms with E-state index in [4.69, 9.17) is 12.2 Å². The van der Waals surface area contributed by atoms with E-state index in [0.717, 1.165) is 10.8 Å². The van der Waals surface area contributed by atoms with E-state index in [0.29, 0.717) is 10.0 Å². The largest absolute Gasteiger partial charge is 0.330 e. The van der Waals surface area contributed by atoms with Crippen molar-refractivity contribution < 1.29 is 9.18 Å². The summed E-state index contributed by atoms with van der Waals surface area (Å²) in [7, 11) is 0. The summed E-state index contributed by atoms with van der Waals surface area (Å²) < 4.78 is 14.4. The molecule has 1 amide bonds. The first kappa shape index (κ1) is 16.5. The average Bonchev–Trinajstić information content (AvgIpc) is 2.57. The molecule has 0 aliphatic rings. The van der Waals surface area contributed by atoms with Crippen molar-refractivity contribution in [1.82, 2.24) is 5.32 Å². The zero-order valence-electron chi connectivity index (χ0n) is 12.3. The van der Waals surface area contributed by atoms with Crippen LogP contribution in [0, 0.1) is 5.82 Å². The van der Waals surface area contributed by atoms with Gasteiger partial charge in [0, 0.05) is 10.0 Å². The van der Waals surface area contributed by atoms with Crippen LogP contribution in [-0.4, -0.2) is 11.0 Å². The van der Waals surface area contributed by atoms with Gasteiger partial charge < -0.3 is 5.32 Å². The fraction of sp³-hybridized carbons (Fsp3) is 0. The van der Waals surface area contributed by atoms with Crippen LogP contribution in [0.4, 0.5) is 10.1 Å². The number of hydrogen-bond donors (Lipinski definition) is 2. The normalized spacial score (nSPS) is 10.4. The molecule has 0 atom stereocenters. The van der Waals surface area contributed by atoms with Gasteiger partial charge in [0.05, 0.1) is 5.69 Å². The Morgan fingerprint density at radius 2 is 1.75 bits per heavy atom. The number of nitrogens with one attached hydrogen (secondary N) is 2. The molecule has 0 radical (unpaired) electrons. The van der Waals surface area contributed by atoms with E-state index in [1.807, 2.05) is 30.3 Å². The first-order valence-electron chi connectivity index (χ1n) is 7.09. The van der Waals surface area contributed by atoms with E-state index >= 15 is 0 Å². The summed E-state index contributed by atoms with van der Waals surface area (Å²) in [5, 5.41) is 7.28. The van der Waals surface area contributed by atoms with Gasteiger partial charge in [0.15, 0.2) is 5.11 Å². The Morgan fingerprint density at radius 1 is 1.00 bits per heavy atom. The molecule has 6 heteroatoms. The molecule has 24 heavy (non-hydrogen) atoms. The minimum absolute atomic E-state index is 0.0365. The van der Waals surface area contributed by atoms with Crippen LogP contribution in [0.15, 0.2) is 65.1 Å². The van der Waals surface area contributed by atoms with Crippen LogP contribution in [0.2, 0.25) is 0 Å². The van der Waals surface area contributed by atoms with Crippen molar-refractivity contribution in [3.63, 3.8) is 0 Å². The zero-order chi connectivity index (χ0) is 17.1. The molecular weight excluding hydrogens is 391 g/mol. The lowest BCUT2D eigenvalue weighted by atomic mass is 10.1. The van der Waals surface area contributed by atoms with E-state index in [2.05, 4.69) is 26.6 Å². The first-order valence-corrected chi connectivity index (χ1v) is 8.29. The van der Waals surface area contributed by atoms with Gasteiger partial charge in [0.2, 0.25) is 0 Å². The van der Waals surface area contributed by atoms with E-state index in [1.54, 1.807) is 18.2 Å². The number of hydrogen-bond acceptors (Lipinski definition) is 2. The summed E-state index contributed by atoms with van der Waals surface area (Å²) >= 11 is 8.26. The minimum Gasteiger partial charge on any atom is -0.330 e. The van der Waals surface area contributed by atoms with Crippen LogP contribution in [0.5, 0.6) is 0 Å². The maximum atomic E-state index is 13.8. The van der Waals surface area contributed by atoms with Crippen LogP contribution in [0.3, 0.4) is 0 Å². The highest BCUT2D eigenvalue weighted by molar-refractivity contribution is 9.10. The quantitative estimate of drug-likeness (QED) is 0.600. The Kier molecular flexibility index (Phi) is 4.87. The maximum Gasteiger partial charge on any atom is 0.257 e. The zero-order valence-corrected chi connectivity index (χ0v) is 14.7. The molecule has 0 aliphatic carbocycles. The number of amides is 1. The van der Waals surface area contributed by atoms with Crippen molar-refractivity contribution in [2.24, 2.45) is 0 Å². The van der Waals surface area contributed by atoms with Gasteiger partial charge in [-0.3, -0.25) is 10.1 Å². The monoisotopic (exact) mass is 402 g/mol. The Labute approximate surface area is 152 Å². The lowest BCUT2D eigenvalue weighted by Gasteiger charge is -2.11. The molecule has 3 aromatic rings. The van der Waals surface area contributed by atoms with Crippen LogP contribution in [0.1, 0.15) is 10.4 Å². The molecule has 3 nitrogen and oxygen atoms in total. The van der Waals surface area contributed by atoms with Gasteiger partial charge in [-0.1, -0.05) is 46.3 Å². The number of fused-ring (bicyclic) bond motifs is 1. The highest BCUT2D eigenvalue weighted by atomic mass is 79.9. The van der Waals surface area contributed by atoms with E-state index in [9.17, 15) is 9.18 Å². The van der Waals surface area contributed by atoms with Gasteiger partial charge in [0.25, 0.3) is 5.91 Å². The minimum atomic E-state index is -0.466. The average molecular weight is 403 g/mol. The fourth-order valence-electron chi connectivity index (χ4n) is 2.25. The third kappa shape index (κ3) is 3.77. The van der Waals surface area contributed by atoms with Crippen molar-refractivity contribution in [3.8, 4) is 0 Å². The third-order valence-corrected chi connectivity index (χ3v) is 4.12. The highest BCUT2D eigenvalue weighted by Gasteiger charge is 2.10. The Bertz CT molecular complexity index is 945. The van der Waals surface area contributed by atoms with Gasteiger partial charge in [-0.25, -0.2) is 4.39 Å². The smallest absolute Gasteiger partial charge is 0.257 e. The topological polar surface area (TPSA) is 41.1 Å². The molecule has 0 spiro atoms.